The van der Waals surface area contributed by atoms with E-state index in [-0.39, 0.29) is 11.8 Å². The van der Waals surface area contributed by atoms with Crippen LogP contribution in [0.15, 0.2) is 42.5 Å². The molecule has 0 aliphatic carbocycles. The van der Waals surface area contributed by atoms with Crippen LogP contribution in [0.25, 0.3) is 0 Å². The van der Waals surface area contributed by atoms with Gasteiger partial charge in [0.25, 0.3) is 0 Å². The van der Waals surface area contributed by atoms with E-state index in [1.54, 1.807) is 23.7 Å². The molecule has 0 saturated carbocycles. The van der Waals surface area contributed by atoms with Gasteiger partial charge in [-0.1, -0.05) is 66.1 Å². The van der Waals surface area contributed by atoms with Crippen molar-refractivity contribution in [3.05, 3.63) is 70.3 Å². The second-order valence-corrected chi connectivity index (χ2v) is 8.52. The van der Waals surface area contributed by atoms with Crippen LogP contribution in [0.5, 0.6) is 0 Å². The predicted octanol–water partition coefficient (Wildman–Crippen LogP) is 4.40. The zero-order valence-electron chi connectivity index (χ0n) is 18.1. The van der Waals surface area contributed by atoms with Gasteiger partial charge < -0.3 is 10.2 Å². The summed E-state index contributed by atoms with van der Waals surface area (Å²) >= 11 is 1.60. The third-order valence-corrected chi connectivity index (χ3v) is 5.83. The van der Waals surface area contributed by atoms with Gasteiger partial charge in [-0.25, -0.2) is 0 Å². The monoisotopic (exact) mass is 412 g/mol. The largest absolute Gasteiger partial charge is 0.357 e. The minimum atomic E-state index is -0.463. The number of amides is 2. The van der Waals surface area contributed by atoms with Crippen molar-refractivity contribution in [2.75, 3.05) is 12.8 Å². The Morgan fingerprint density at radius 2 is 1.66 bits per heavy atom. The van der Waals surface area contributed by atoms with Crippen molar-refractivity contribution in [2.45, 2.75) is 52.5 Å². The highest BCUT2D eigenvalue weighted by atomic mass is 32.2. The molecular formula is C24H32N2O2S. The van der Waals surface area contributed by atoms with Crippen LogP contribution >= 0.6 is 11.8 Å². The molecule has 0 heterocycles. The van der Waals surface area contributed by atoms with Crippen molar-refractivity contribution in [2.24, 2.45) is 0 Å². The molecule has 0 fully saturated rings. The van der Waals surface area contributed by atoms with Crippen LogP contribution < -0.4 is 5.32 Å². The van der Waals surface area contributed by atoms with E-state index in [0.29, 0.717) is 18.7 Å². The molecular weight excluding hydrogens is 380 g/mol. The van der Waals surface area contributed by atoms with Crippen LogP contribution in [0.3, 0.4) is 0 Å². The fraction of sp³-hybridized carbons (Fsp3) is 0.417. The van der Waals surface area contributed by atoms with E-state index >= 15 is 0 Å². The van der Waals surface area contributed by atoms with Crippen LogP contribution in [0.2, 0.25) is 0 Å². The number of nitrogens with one attached hydrogen (secondary N) is 1. The molecule has 0 aliphatic heterocycles. The third-order valence-electron chi connectivity index (χ3n) is 4.84. The van der Waals surface area contributed by atoms with Gasteiger partial charge in [-0.3, -0.25) is 9.59 Å². The Morgan fingerprint density at radius 1 is 1.00 bits per heavy atom. The topological polar surface area (TPSA) is 49.4 Å². The van der Waals surface area contributed by atoms with Crippen LogP contribution in [0, 0.1) is 20.8 Å². The van der Waals surface area contributed by atoms with Crippen molar-refractivity contribution >= 4 is 23.6 Å². The maximum absolute atomic E-state index is 13.1. The normalized spacial score (nSPS) is 11.8. The number of thioether (sulfide) groups is 1. The van der Waals surface area contributed by atoms with E-state index in [4.69, 9.17) is 0 Å². The van der Waals surface area contributed by atoms with Gasteiger partial charge in [0.05, 0.1) is 5.75 Å². The summed E-state index contributed by atoms with van der Waals surface area (Å²) in [5.41, 5.74) is 5.88. The number of benzene rings is 2. The first kappa shape index (κ1) is 23.0. The standard InChI is InChI=1S/C24H32N2O2S/c1-6-22(24(28)25-5)26(14-20-9-7-8-17(2)11-20)23(27)16-29-15-21-12-18(3)10-19(4)13-21/h7-13,22H,6,14-16H2,1-5H3,(H,25,28)/t22-/m1/s1. The highest BCUT2D eigenvalue weighted by molar-refractivity contribution is 7.99. The molecule has 156 valence electrons. The van der Waals surface area contributed by atoms with Crippen molar-refractivity contribution < 1.29 is 9.59 Å². The lowest BCUT2D eigenvalue weighted by molar-refractivity contribution is -0.139. The molecule has 2 rings (SSSR count). The molecule has 2 aromatic carbocycles. The molecule has 0 radical (unpaired) electrons. The SMILES string of the molecule is CC[C@H](C(=O)NC)N(Cc1cccc(C)c1)C(=O)CSCc1cc(C)cc(C)c1. The lowest BCUT2D eigenvalue weighted by Gasteiger charge is -2.30. The van der Waals surface area contributed by atoms with E-state index in [9.17, 15) is 9.59 Å². The van der Waals surface area contributed by atoms with Crippen molar-refractivity contribution in [3.63, 3.8) is 0 Å². The number of carbonyl (C=O) groups excluding carboxylic acids is 2. The molecule has 5 heteroatoms. The van der Waals surface area contributed by atoms with Gasteiger partial charge in [0, 0.05) is 19.3 Å². The van der Waals surface area contributed by atoms with Gasteiger partial charge in [0.1, 0.15) is 6.04 Å². The maximum atomic E-state index is 13.1. The van der Waals surface area contributed by atoms with Crippen molar-refractivity contribution in [3.8, 4) is 0 Å². The summed E-state index contributed by atoms with van der Waals surface area (Å²) in [6, 6.07) is 14.1. The summed E-state index contributed by atoms with van der Waals surface area (Å²) < 4.78 is 0. The Kier molecular flexibility index (Phi) is 8.77. The van der Waals surface area contributed by atoms with E-state index in [1.165, 1.54) is 16.7 Å². The maximum Gasteiger partial charge on any atom is 0.242 e. The lowest BCUT2D eigenvalue weighted by Crippen LogP contribution is -2.48. The van der Waals surface area contributed by atoms with E-state index < -0.39 is 6.04 Å². The number of rotatable bonds is 9. The van der Waals surface area contributed by atoms with Crippen LogP contribution in [-0.2, 0) is 21.9 Å². The molecule has 0 unspecified atom stereocenters. The molecule has 2 aromatic rings. The van der Waals surface area contributed by atoms with E-state index in [2.05, 4.69) is 43.4 Å². The highest BCUT2D eigenvalue weighted by Gasteiger charge is 2.27. The first-order valence-corrected chi connectivity index (χ1v) is 11.2. The number of hydrogen-bond acceptors (Lipinski definition) is 3. The molecule has 0 aliphatic rings. The Labute approximate surface area is 179 Å². The molecule has 0 aromatic heterocycles. The summed E-state index contributed by atoms with van der Waals surface area (Å²) in [7, 11) is 1.62. The van der Waals surface area contributed by atoms with Gasteiger partial charge >= 0.3 is 0 Å². The van der Waals surface area contributed by atoms with E-state index in [1.807, 2.05) is 32.0 Å². The van der Waals surface area contributed by atoms with Gasteiger partial charge in [0.2, 0.25) is 11.8 Å². The number of carbonyl (C=O) groups is 2. The molecule has 29 heavy (non-hydrogen) atoms. The fourth-order valence-electron chi connectivity index (χ4n) is 3.58. The summed E-state index contributed by atoms with van der Waals surface area (Å²) in [6.45, 7) is 8.59. The van der Waals surface area contributed by atoms with Crippen molar-refractivity contribution in [1.29, 1.82) is 0 Å². The molecule has 4 nitrogen and oxygen atoms in total. The Bertz CT molecular complexity index is 830. The molecule has 1 atom stereocenters. The van der Waals surface area contributed by atoms with Crippen LogP contribution in [-0.4, -0.2) is 35.6 Å². The summed E-state index contributed by atoms with van der Waals surface area (Å²) in [5, 5.41) is 2.70. The Morgan fingerprint density at radius 3 is 2.24 bits per heavy atom. The second kappa shape index (κ2) is 11.1. The minimum Gasteiger partial charge on any atom is -0.357 e. The molecule has 0 bridgehead atoms. The summed E-state index contributed by atoms with van der Waals surface area (Å²) in [4.78, 5) is 27.2. The number of likely N-dealkylation sites (N-methyl/N-ethyl adjacent to an activating group) is 1. The molecule has 2 amide bonds. The van der Waals surface area contributed by atoms with E-state index in [0.717, 1.165) is 16.9 Å². The average Bonchev–Trinajstić information content (AvgIpc) is 2.66. The first-order valence-electron chi connectivity index (χ1n) is 10.1. The predicted molar refractivity (Wildman–Crippen MR) is 122 cm³/mol. The minimum absolute atomic E-state index is 0.00340. The fourth-order valence-corrected chi connectivity index (χ4v) is 4.43. The number of hydrogen-bond donors (Lipinski definition) is 1. The summed E-state index contributed by atoms with van der Waals surface area (Å²) in [5.74, 6) is 1.01. The van der Waals surface area contributed by atoms with Gasteiger partial charge in [0.15, 0.2) is 0 Å². The summed E-state index contributed by atoms with van der Waals surface area (Å²) in [6.07, 6.45) is 0.582. The smallest absolute Gasteiger partial charge is 0.242 e. The van der Waals surface area contributed by atoms with Crippen LogP contribution in [0.1, 0.15) is 41.2 Å². The highest BCUT2D eigenvalue weighted by Crippen LogP contribution is 2.19. The Hall–Kier alpha value is -2.27. The third kappa shape index (κ3) is 6.93. The molecule has 1 N–H and O–H groups in total. The number of nitrogens with zero attached hydrogens (tertiary/aromatic N) is 1. The second-order valence-electron chi connectivity index (χ2n) is 7.54. The molecule has 0 spiro atoms. The zero-order chi connectivity index (χ0) is 21.4. The van der Waals surface area contributed by atoms with Gasteiger partial charge in [-0.2, -0.15) is 0 Å². The van der Waals surface area contributed by atoms with Crippen molar-refractivity contribution in [1.82, 2.24) is 10.2 Å². The van der Waals surface area contributed by atoms with Gasteiger partial charge in [-0.15, -0.1) is 11.8 Å². The van der Waals surface area contributed by atoms with Gasteiger partial charge in [-0.05, 0) is 38.3 Å². The zero-order valence-corrected chi connectivity index (χ0v) is 18.9. The molecule has 0 saturated heterocycles. The quantitative estimate of drug-likeness (QED) is 0.664. The number of aryl methyl sites for hydroxylation is 3. The average molecular weight is 413 g/mol. The lowest BCUT2D eigenvalue weighted by atomic mass is 10.1. The Balaban J connectivity index is 2.11. The first-order chi connectivity index (χ1) is 13.8. The van der Waals surface area contributed by atoms with Crippen LogP contribution in [0.4, 0.5) is 0 Å².